The highest BCUT2D eigenvalue weighted by Gasteiger charge is 2.22. The fourth-order valence-corrected chi connectivity index (χ4v) is 3.25. The van der Waals surface area contributed by atoms with E-state index < -0.39 is 5.97 Å². The van der Waals surface area contributed by atoms with E-state index in [1.54, 1.807) is 6.92 Å². The van der Waals surface area contributed by atoms with Gasteiger partial charge in [-0.2, -0.15) is 0 Å². The molecule has 23 heavy (non-hydrogen) atoms. The maximum Gasteiger partial charge on any atom is 0.303 e. The average molecular weight is 319 g/mol. The van der Waals surface area contributed by atoms with Gasteiger partial charge in [-0.3, -0.25) is 9.59 Å². The Balaban J connectivity index is 1.99. The number of carboxylic acids is 1. The lowest BCUT2D eigenvalue weighted by Gasteiger charge is -2.27. The van der Waals surface area contributed by atoms with Crippen LogP contribution in [0.15, 0.2) is 12.5 Å². The van der Waals surface area contributed by atoms with Crippen molar-refractivity contribution in [1.29, 1.82) is 0 Å². The number of nitrogens with one attached hydrogen (secondary N) is 1. The Morgan fingerprint density at radius 1 is 1.35 bits per heavy atom. The Kier molecular flexibility index (Phi) is 6.50. The number of aliphatic carboxylic acids is 1. The van der Waals surface area contributed by atoms with E-state index >= 15 is 0 Å². The standard InChI is InChI=1S/C17H25N3O3/c1-12-15(10-18-11-19-12)17(23)20-14(7-8-16(21)22)9-13-5-3-2-4-6-13/h10-11,13-14H,2-9H2,1H3,(H,20,23)(H,21,22). The molecule has 1 aliphatic rings. The van der Waals surface area contributed by atoms with Crippen molar-refractivity contribution in [1.82, 2.24) is 15.3 Å². The molecule has 1 aromatic heterocycles. The molecule has 0 saturated heterocycles. The van der Waals surface area contributed by atoms with E-state index in [4.69, 9.17) is 5.11 Å². The molecule has 0 spiro atoms. The van der Waals surface area contributed by atoms with Crippen LogP contribution in [0.1, 0.15) is 67.4 Å². The minimum absolute atomic E-state index is 0.0714. The Morgan fingerprint density at radius 3 is 2.74 bits per heavy atom. The topological polar surface area (TPSA) is 92.2 Å². The number of aromatic nitrogens is 2. The van der Waals surface area contributed by atoms with Crippen LogP contribution in [0.2, 0.25) is 0 Å². The number of hydrogen-bond donors (Lipinski definition) is 2. The van der Waals surface area contributed by atoms with E-state index in [1.165, 1.54) is 44.6 Å². The molecular weight excluding hydrogens is 294 g/mol. The van der Waals surface area contributed by atoms with Crippen LogP contribution in [0.5, 0.6) is 0 Å². The van der Waals surface area contributed by atoms with Gasteiger partial charge in [-0.1, -0.05) is 32.1 Å². The molecule has 0 aromatic carbocycles. The number of hydrogen-bond acceptors (Lipinski definition) is 4. The van der Waals surface area contributed by atoms with E-state index in [0.717, 1.165) is 6.42 Å². The van der Waals surface area contributed by atoms with Crippen molar-refractivity contribution < 1.29 is 14.7 Å². The molecule has 6 heteroatoms. The number of carbonyl (C=O) groups is 2. The summed E-state index contributed by atoms with van der Waals surface area (Å²) < 4.78 is 0. The van der Waals surface area contributed by atoms with Gasteiger partial charge in [-0.15, -0.1) is 0 Å². The maximum atomic E-state index is 12.4. The molecule has 1 unspecified atom stereocenters. The van der Waals surface area contributed by atoms with Crippen LogP contribution < -0.4 is 5.32 Å². The summed E-state index contributed by atoms with van der Waals surface area (Å²) in [6.45, 7) is 1.77. The number of amides is 1. The van der Waals surface area contributed by atoms with E-state index in [-0.39, 0.29) is 18.4 Å². The van der Waals surface area contributed by atoms with Gasteiger partial charge in [0.1, 0.15) is 6.33 Å². The summed E-state index contributed by atoms with van der Waals surface area (Å²) in [5.74, 6) is -0.461. The van der Waals surface area contributed by atoms with E-state index in [1.807, 2.05) is 0 Å². The Morgan fingerprint density at radius 2 is 2.09 bits per heavy atom. The fourth-order valence-electron chi connectivity index (χ4n) is 3.25. The SMILES string of the molecule is Cc1ncncc1C(=O)NC(CCC(=O)O)CC1CCCCC1. The third-order valence-corrected chi connectivity index (χ3v) is 4.54. The first-order valence-electron chi connectivity index (χ1n) is 8.35. The lowest BCUT2D eigenvalue weighted by atomic mass is 9.84. The molecule has 1 fully saturated rings. The van der Waals surface area contributed by atoms with Gasteiger partial charge in [0.15, 0.2) is 0 Å². The van der Waals surface area contributed by atoms with Gasteiger partial charge in [0, 0.05) is 18.7 Å². The average Bonchev–Trinajstić information content (AvgIpc) is 2.54. The summed E-state index contributed by atoms with van der Waals surface area (Å²) in [4.78, 5) is 31.2. The number of rotatable bonds is 7. The van der Waals surface area contributed by atoms with E-state index in [0.29, 0.717) is 23.6 Å². The number of aryl methyl sites for hydroxylation is 1. The predicted molar refractivity (Wildman–Crippen MR) is 86.1 cm³/mol. The van der Waals surface area contributed by atoms with Crippen molar-refractivity contribution in [3.63, 3.8) is 0 Å². The summed E-state index contributed by atoms with van der Waals surface area (Å²) in [5, 5.41) is 11.9. The second-order valence-electron chi connectivity index (χ2n) is 6.36. The molecule has 6 nitrogen and oxygen atoms in total. The first-order chi connectivity index (χ1) is 11.1. The van der Waals surface area contributed by atoms with Crippen LogP contribution in [0.3, 0.4) is 0 Å². The molecule has 1 heterocycles. The van der Waals surface area contributed by atoms with Crippen LogP contribution in [0.25, 0.3) is 0 Å². The lowest BCUT2D eigenvalue weighted by molar-refractivity contribution is -0.137. The number of nitrogens with zero attached hydrogens (tertiary/aromatic N) is 2. The monoisotopic (exact) mass is 319 g/mol. The van der Waals surface area contributed by atoms with Crippen molar-refractivity contribution >= 4 is 11.9 Å². The van der Waals surface area contributed by atoms with Crippen molar-refractivity contribution in [3.05, 3.63) is 23.8 Å². The normalized spacial score (nSPS) is 16.7. The molecule has 1 saturated carbocycles. The van der Waals surface area contributed by atoms with Crippen LogP contribution >= 0.6 is 0 Å². The quantitative estimate of drug-likeness (QED) is 0.806. The molecule has 2 N–H and O–H groups in total. The summed E-state index contributed by atoms with van der Waals surface area (Å²) in [6, 6.07) is -0.110. The van der Waals surface area contributed by atoms with Gasteiger partial charge in [-0.05, 0) is 25.7 Å². The third kappa shape index (κ3) is 5.62. The zero-order valence-electron chi connectivity index (χ0n) is 13.6. The van der Waals surface area contributed by atoms with Gasteiger partial charge < -0.3 is 10.4 Å². The van der Waals surface area contributed by atoms with Crippen LogP contribution in [-0.2, 0) is 4.79 Å². The number of carbonyl (C=O) groups excluding carboxylic acids is 1. The smallest absolute Gasteiger partial charge is 0.303 e. The zero-order chi connectivity index (χ0) is 16.7. The van der Waals surface area contributed by atoms with E-state index in [9.17, 15) is 9.59 Å². The van der Waals surface area contributed by atoms with Gasteiger partial charge >= 0.3 is 5.97 Å². The first-order valence-corrected chi connectivity index (χ1v) is 8.35. The summed E-state index contributed by atoms with van der Waals surface area (Å²) >= 11 is 0. The second kappa shape index (κ2) is 8.60. The third-order valence-electron chi connectivity index (χ3n) is 4.54. The molecule has 0 bridgehead atoms. The highest BCUT2D eigenvalue weighted by atomic mass is 16.4. The molecule has 126 valence electrons. The number of carboxylic acid groups (broad SMARTS) is 1. The fraction of sp³-hybridized carbons (Fsp3) is 0.647. The Bertz CT molecular complexity index is 542. The highest BCUT2D eigenvalue weighted by Crippen LogP contribution is 2.28. The largest absolute Gasteiger partial charge is 0.481 e. The molecule has 0 aliphatic heterocycles. The molecular formula is C17H25N3O3. The second-order valence-corrected chi connectivity index (χ2v) is 6.36. The van der Waals surface area contributed by atoms with Crippen molar-refractivity contribution in [2.45, 2.75) is 64.3 Å². The molecule has 2 rings (SSSR count). The summed E-state index contributed by atoms with van der Waals surface area (Å²) in [7, 11) is 0. The van der Waals surface area contributed by atoms with Crippen molar-refractivity contribution in [2.24, 2.45) is 5.92 Å². The van der Waals surface area contributed by atoms with Crippen LogP contribution in [0, 0.1) is 12.8 Å². The maximum absolute atomic E-state index is 12.4. The summed E-state index contributed by atoms with van der Waals surface area (Å²) in [6.07, 6.45) is 10.4. The van der Waals surface area contributed by atoms with Gasteiger partial charge in [0.05, 0.1) is 11.3 Å². The molecule has 1 atom stereocenters. The minimum Gasteiger partial charge on any atom is -0.481 e. The highest BCUT2D eigenvalue weighted by molar-refractivity contribution is 5.95. The Labute approximate surface area is 136 Å². The Hall–Kier alpha value is -1.98. The van der Waals surface area contributed by atoms with Gasteiger partial charge in [-0.25, -0.2) is 9.97 Å². The molecule has 1 aromatic rings. The van der Waals surface area contributed by atoms with Crippen molar-refractivity contribution in [3.8, 4) is 0 Å². The van der Waals surface area contributed by atoms with Crippen LogP contribution in [-0.4, -0.2) is 33.0 Å². The van der Waals surface area contributed by atoms with Crippen molar-refractivity contribution in [2.75, 3.05) is 0 Å². The predicted octanol–water partition coefficient (Wildman–Crippen LogP) is 2.72. The summed E-state index contributed by atoms with van der Waals surface area (Å²) in [5.41, 5.74) is 1.09. The lowest BCUT2D eigenvalue weighted by Crippen LogP contribution is -2.37. The molecule has 1 amide bonds. The molecule has 1 aliphatic carbocycles. The zero-order valence-corrected chi connectivity index (χ0v) is 13.6. The van der Waals surface area contributed by atoms with E-state index in [2.05, 4.69) is 15.3 Å². The van der Waals surface area contributed by atoms with Gasteiger partial charge in [0.2, 0.25) is 0 Å². The van der Waals surface area contributed by atoms with Gasteiger partial charge in [0.25, 0.3) is 5.91 Å². The molecule has 0 radical (unpaired) electrons. The minimum atomic E-state index is -0.827. The van der Waals surface area contributed by atoms with Crippen LogP contribution in [0.4, 0.5) is 0 Å². The first kappa shape index (κ1) is 17.4.